The van der Waals surface area contributed by atoms with Crippen molar-refractivity contribution in [3.63, 3.8) is 0 Å². The molecule has 1 aromatic heterocycles. The van der Waals surface area contributed by atoms with Crippen LogP contribution < -0.4 is 5.73 Å². The first-order valence-corrected chi connectivity index (χ1v) is 5.81. The Hall–Kier alpha value is -2.28. The van der Waals surface area contributed by atoms with Gasteiger partial charge in [0.25, 0.3) is 0 Å². The van der Waals surface area contributed by atoms with E-state index >= 15 is 0 Å². The fourth-order valence-electron chi connectivity index (χ4n) is 1.88. The third kappa shape index (κ3) is 2.83. The van der Waals surface area contributed by atoms with Gasteiger partial charge in [0, 0.05) is 36.5 Å². The number of H-pyrrole nitrogens is 1. The number of aromatic nitrogens is 1. The maximum Gasteiger partial charge on any atom is 0.330 e. The minimum Gasteiger partial charge on any atom is -0.392 e. The van der Waals surface area contributed by atoms with E-state index in [4.69, 9.17) is 5.73 Å². The van der Waals surface area contributed by atoms with Crippen molar-refractivity contribution < 1.29 is 23.1 Å². The van der Waals surface area contributed by atoms with E-state index in [1.165, 1.54) is 6.20 Å². The number of aromatic amines is 1. The van der Waals surface area contributed by atoms with E-state index in [1.54, 1.807) is 0 Å². The van der Waals surface area contributed by atoms with Gasteiger partial charge in [-0.15, -0.1) is 0 Å². The minimum absolute atomic E-state index is 0.0389. The molecule has 2 rings (SSSR count). The molecule has 0 spiro atoms. The molecule has 0 fully saturated rings. The van der Waals surface area contributed by atoms with Crippen LogP contribution in [0.2, 0.25) is 0 Å². The summed E-state index contributed by atoms with van der Waals surface area (Å²) in [5, 5.41) is 0.426. The quantitative estimate of drug-likeness (QED) is 0.658. The molecule has 20 heavy (non-hydrogen) atoms. The average molecular weight is 282 g/mol. The van der Waals surface area contributed by atoms with Gasteiger partial charge in [-0.1, -0.05) is 0 Å². The molecule has 7 heteroatoms. The molecule has 1 atom stereocenters. The van der Waals surface area contributed by atoms with Crippen molar-refractivity contribution in [2.45, 2.75) is 19.4 Å². The molecule has 106 valence electrons. The Kier molecular flexibility index (Phi) is 3.80. The number of esters is 2. The van der Waals surface area contributed by atoms with Crippen molar-refractivity contribution in [3.05, 3.63) is 35.5 Å². The summed E-state index contributed by atoms with van der Waals surface area (Å²) in [7, 11) is 0. The number of carbonyl (C=O) groups is 2. The van der Waals surface area contributed by atoms with Crippen molar-refractivity contribution in [3.8, 4) is 0 Å². The van der Waals surface area contributed by atoms with Gasteiger partial charge < -0.3 is 15.5 Å². The molecule has 1 heterocycles. The number of fused-ring (bicyclic) bond motifs is 1. The summed E-state index contributed by atoms with van der Waals surface area (Å²) >= 11 is 0. The van der Waals surface area contributed by atoms with Crippen LogP contribution in [-0.2, 0) is 20.7 Å². The lowest BCUT2D eigenvalue weighted by atomic mass is 10.1. The van der Waals surface area contributed by atoms with Gasteiger partial charge in [-0.25, -0.2) is 13.6 Å². The Morgan fingerprint density at radius 1 is 1.35 bits per heavy atom. The van der Waals surface area contributed by atoms with Crippen molar-refractivity contribution >= 4 is 22.8 Å². The van der Waals surface area contributed by atoms with Crippen LogP contribution in [0.3, 0.4) is 0 Å². The van der Waals surface area contributed by atoms with Crippen LogP contribution in [0.15, 0.2) is 18.3 Å². The maximum absolute atomic E-state index is 13.2. The van der Waals surface area contributed by atoms with Crippen LogP contribution in [0.1, 0.15) is 12.5 Å². The zero-order chi connectivity index (χ0) is 14.9. The minimum atomic E-state index is -1.06. The predicted molar refractivity (Wildman–Crippen MR) is 66.7 cm³/mol. The lowest BCUT2D eigenvalue weighted by Gasteiger charge is -2.08. The monoisotopic (exact) mass is 282 g/mol. The van der Waals surface area contributed by atoms with Gasteiger partial charge in [-0.05, 0) is 11.6 Å². The zero-order valence-electron chi connectivity index (χ0n) is 10.6. The van der Waals surface area contributed by atoms with Crippen LogP contribution in [0.4, 0.5) is 8.78 Å². The third-order valence-corrected chi connectivity index (χ3v) is 2.80. The first-order chi connectivity index (χ1) is 9.38. The molecular weight excluding hydrogens is 270 g/mol. The van der Waals surface area contributed by atoms with E-state index in [1.807, 2.05) is 0 Å². The fourth-order valence-corrected chi connectivity index (χ4v) is 1.88. The third-order valence-electron chi connectivity index (χ3n) is 2.80. The van der Waals surface area contributed by atoms with E-state index in [0.29, 0.717) is 16.5 Å². The Morgan fingerprint density at radius 3 is 2.65 bits per heavy atom. The normalized spacial score (nSPS) is 12.4. The number of nitrogens with two attached hydrogens (primary N) is 1. The van der Waals surface area contributed by atoms with Crippen LogP contribution in [0, 0.1) is 11.6 Å². The standard InChI is InChI=1S/C13H12F2N2O3/c1-6(18)20-13(19)11(16)2-7-5-17-12-4-10(15)9(14)3-8(7)12/h3-5,11,17H,2,16H2,1H3/t11-/m0/s1. The molecule has 1 aromatic carbocycles. The lowest BCUT2D eigenvalue weighted by Crippen LogP contribution is -2.35. The number of benzene rings is 1. The van der Waals surface area contributed by atoms with Gasteiger partial charge in [-0.2, -0.15) is 0 Å². The zero-order valence-corrected chi connectivity index (χ0v) is 10.6. The van der Waals surface area contributed by atoms with Gasteiger partial charge in [0.05, 0.1) is 0 Å². The fraction of sp³-hybridized carbons (Fsp3) is 0.231. The van der Waals surface area contributed by atoms with Gasteiger partial charge in [0.15, 0.2) is 11.6 Å². The Bertz CT molecular complexity index is 682. The molecule has 0 amide bonds. The maximum atomic E-state index is 13.2. The molecule has 0 unspecified atom stereocenters. The molecule has 0 saturated carbocycles. The van der Waals surface area contributed by atoms with Crippen LogP contribution in [0.5, 0.6) is 0 Å². The summed E-state index contributed by atoms with van der Waals surface area (Å²) < 4.78 is 30.6. The first-order valence-electron chi connectivity index (χ1n) is 5.81. The molecular formula is C13H12F2N2O3. The number of nitrogens with one attached hydrogen (secondary N) is 1. The van der Waals surface area contributed by atoms with E-state index in [9.17, 15) is 18.4 Å². The van der Waals surface area contributed by atoms with Crippen LogP contribution in [-0.4, -0.2) is 23.0 Å². The van der Waals surface area contributed by atoms with E-state index in [-0.39, 0.29) is 6.42 Å². The molecule has 0 aliphatic carbocycles. The second-order valence-electron chi connectivity index (χ2n) is 4.35. The highest BCUT2D eigenvalue weighted by atomic mass is 19.2. The highest BCUT2D eigenvalue weighted by Crippen LogP contribution is 2.22. The Morgan fingerprint density at radius 2 is 2.00 bits per heavy atom. The molecule has 5 nitrogen and oxygen atoms in total. The average Bonchev–Trinajstić information content (AvgIpc) is 2.72. The lowest BCUT2D eigenvalue weighted by molar-refractivity contribution is -0.159. The summed E-state index contributed by atoms with van der Waals surface area (Å²) in [6, 6.07) is 0.985. The van der Waals surface area contributed by atoms with Gasteiger partial charge >= 0.3 is 11.9 Å². The molecule has 0 radical (unpaired) electrons. The highest BCUT2D eigenvalue weighted by molar-refractivity contribution is 5.88. The molecule has 2 aromatic rings. The van der Waals surface area contributed by atoms with E-state index in [2.05, 4.69) is 9.72 Å². The van der Waals surface area contributed by atoms with Crippen molar-refractivity contribution in [1.29, 1.82) is 0 Å². The largest absolute Gasteiger partial charge is 0.392 e. The van der Waals surface area contributed by atoms with E-state index in [0.717, 1.165) is 19.1 Å². The second kappa shape index (κ2) is 5.38. The SMILES string of the molecule is CC(=O)OC(=O)[C@@H](N)Cc1c[nH]c2cc(F)c(F)cc12. The summed E-state index contributed by atoms with van der Waals surface area (Å²) in [5.74, 6) is -3.57. The van der Waals surface area contributed by atoms with Crippen LogP contribution in [0.25, 0.3) is 10.9 Å². The van der Waals surface area contributed by atoms with Crippen LogP contribution >= 0.6 is 0 Å². The smallest absolute Gasteiger partial charge is 0.330 e. The van der Waals surface area contributed by atoms with Crippen molar-refractivity contribution in [1.82, 2.24) is 4.98 Å². The summed E-state index contributed by atoms with van der Waals surface area (Å²) in [5.41, 5.74) is 6.54. The van der Waals surface area contributed by atoms with Crippen molar-refractivity contribution in [2.24, 2.45) is 5.73 Å². The molecule has 0 aliphatic rings. The number of rotatable bonds is 3. The van der Waals surface area contributed by atoms with Crippen molar-refractivity contribution in [2.75, 3.05) is 0 Å². The second-order valence-corrected chi connectivity index (χ2v) is 4.35. The molecule has 0 aliphatic heterocycles. The number of carbonyl (C=O) groups excluding carboxylic acids is 2. The van der Waals surface area contributed by atoms with E-state index < -0.39 is 29.6 Å². The molecule has 0 bridgehead atoms. The number of ether oxygens (including phenoxy) is 1. The topological polar surface area (TPSA) is 85.2 Å². The summed E-state index contributed by atoms with van der Waals surface area (Å²) in [4.78, 5) is 24.8. The number of hydrogen-bond acceptors (Lipinski definition) is 4. The number of halogens is 2. The van der Waals surface area contributed by atoms with Gasteiger partial charge in [0.2, 0.25) is 0 Å². The number of hydrogen-bond donors (Lipinski definition) is 2. The molecule has 0 saturated heterocycles. The summed E-state index contributed by atoms with van der Waals surface area (Å²) in [6.07, 6.45) is 1.54. The highest BCUT2D eigenvalue weighted by Gasteiger charge is 2.19. The Labute approximate surface area is 112 Å². The Balaban J connectivity index is 2.24. The summed E-state index contributed by atoms with van der Waals surface area (Å²) in [6.45, 7) is 1.09. The first kappa shape index (κ1) is 14.1. The molecule has 3 N–H and O–H groups in total. The predicted octanol–water partition coefficient (Wildman–Crippen LogP) is 1.41. The van der Waals surface area contributed by atoms with Gasteiger partial charge in [-0.3, -0.25) is 4.79 Å². The van der Waals surface area contributed by atoms with Gasteiger partial charge in [0.1, 0.15) is 6.04 Å².